The third kappa shape index (κ3) is 5.04. The van der Waals surface area contributed by atoms with Crippen molar-refractivity contribution in [3.05, 3.63) is 61.2 Å². The molecular weight excluding hydrogens is 321 g/mol. The van der Waals surface area contributed by atoms with E-state index in [9.17, 15) is 0 Å². The fourth-order valence-corrected chi connectivity index (χ4v) is 2.04. The number of halogens is 1. The smallest absolute Gasteiger partial charge is 0.0352 e. The monoisotopic (exact) mass is 343 g/mol. The van der Waals surface area contributed by atoms with Crippen LogP contribution in [0.1, 0.15) is 24.9 Å². The highest BCUT2D eigenvalue weighted by Gasteiger charge is 2.15. The summed E-state index contributed by atoms with van der Waals surface area (Å²) in [6, 6.07) is 11.1. The van der Waals surface area contributed by atoms with Gasteiger partial charge in [0.2, 0.25) is 0 Å². The molecule has 0 spiro atoms. The van der Waals surface area contributed by atoms with Crippen LogP contribution in [0.5, 0.6) is 0 Å². The second-order valence-corrected chi connectivity index (χ2v) is 3.87. The molecule has 2 heteroatoms. The van der Waals surface area contributed by atoms with Gasteiger partial charge < -0.3 is 0 Å². The maximum Gasteiger partial charge on any atom is 0.0352 e. The Morgan fingerprint density at radius 3 is 2.06 bits per heavy atom. The quantitative estimate of drug-likeness (QED) is 0.523. The summed E-state index contributed by atoms with van der Waals surface area (Å²) in [6.07, 6.45) is 5.01. The van der Waals surface area contributed by atoms with Crippen molar-refractivity contribution < 1.29 is 0 Å². The van der Waals surface area contributed by atoms with Crippen molar-refractivity contribution in [1.29, 1.82) is 0 Å². The van der Waals surface area contributed by atoms with Gasteiger partial charge in [-0.25, -0.2) is 0 Å². The molecule has 0 aliphatic carbocycles. The van der Waals surface area contributed by atoms with Crippen LogP contribution in [-0.2, 0) is 0 Å². The topological polar surface area (TPSA) is 3.24 Å². The van der Waals surface area contributed by atoms with E-state index < -0.39 is 0 Å². The zero-order valence-corrected chi connectivity index (χ0v) is 12.8. The van der Waals surface area contributed by atoms with Gasteiger partial charge >= 0.3 is 0 Å². The van der Waals surface area contributed by atoms with Gasteiger partial charge in [0.15, 0.2) is 0 Å². The highest BCUT2D eigenvalue weighted by atomic mass is 127. The van der Waals surface area contributed by atoms with E-state index in [0.29, 0.717) is 6.04 Å². The van der Waals surface area contributed by atoms with Crippen LogP contribution in [0, 0.1) is 0 Å². The predicted molar refractivity (Wildman–Crippen MR) is 86.9 cm³/mol. The van der Waals surface area contributed by atoms with Crippen molar-refractivity contribution in [3.63, 3.8) is 0 Å². The molecule has 0 fully saturated rings. The van der Waals surface area contributed by atoms with Crippen molar-refractivity contribution in [3.8, 4) is 0 Å². The lowest BCUT2D eigenvalue weighted by Gasteiger charge is -2.29. The van der Waals surface area contributed by atoms with Gasteiger partial charge in [0.1, 0.15) is 0 Å². The van der Waals surface area contributed by atoms with E-state index in [1.54, 1.807) is 0 Å². The second kappa shape index (κ2) is 9.42. The van der Waals surface area contributed by atoms with Crippen LogP contribution in [0.25, 0.3) is 0 Å². The molecule has 1 atom stereocenters. The zero-order valence-electron chi connectivity index (χ0n) is 10.5. The van der Waals surface area contributed by atoms with Gasteiger partial charge in [0.25, 0.3) is 0 Å². The first-order valence-electron chi connectivity index (χ1n) is 5.84. The lowest BCUT2D eigenvalue weighted by molar-refractivity contribution is 0.237. The number of hydrogen-bond donors (Lipinski definition) is 0. The molecule has 0 N–H and O–H groups in total. The Balaban J connectivity index is 0.00000256. The minimum atomic E-state index is 0. The first-order chi connectivity index (χ1) is 7.83. The van der Waals surface area contributed by atoms with E-state index in [0.717, 1.165) is 19.5 Å². The van der Waals surface area contributed by atoms with Gasteiger partial charge in [-0.15, -0.1) is 37.1 Å². The van der Waals surface area contributed by atoms with Gasteiger partial charge in [0.05, 0.1) is 0 Å². The van der Waals surface area contributed by atoms with Crippen LogP contribution in [-0.4, -0.2) is 18.0 Å². The third-order valence-electron chi connectivity index (χ3n) is 2.74. The molecule has 1 aromatic rings. The summed E-state index contributed by atoms with van der Waals surface area (Å²) in [5.74, 6) is 0. The highest BCUT2D eigenvalue weighted by Crippen LogP contribution is 2.23. The molecule has 0 heterocycles. The number of benzene rings is 1. The summed E-state index contributed by atoms with van der Waals surface area (Å²) < 4.78 is 0. The first-order valence-corrected chi connectivity index (χ1v) is 5.84. The predicted octanol–water partition coefficient (Wildman–Crippen LogP) is 4.43. The molecule has 1 rings (SSSR count). The Morgan fingerprint density at radius 1 is 1.12 bits per heavy atom. The van der Waals surface area contributed by atoms with Gasteiger partial charge in [-0.2, -0.15) is 0 Å². The minimum Gasteiger partial charge on any atom is -0.289 e. The maximum atomic E-state index is 3.82. The Bertz CT molecular complexity index is 311. The molecule has 0 amide bonds. The van der Waals surface area contributed by atoms with Crippen molar-refractivity contribution in [1.82, 2.24) is 4.90 Å². The molecule has 1 unspecified atom stereocenters. The summed E-state index contributed by atoms with van der Waals surface area (Å²) in [5.41, 5.74) is 1.37. The molecule has 0 aromatic heterocycles. The average Bonchev–Trinajstić information content (AvgIpc) is 2.32. The van der Waals surface area contributed by atoms with Crippen molar-refractivity contribution >= 4 is 24.0 Å². The fourth-order valence-electron chi connectivity index (χ4n) is 2.04. The van der Waals surface area contributed by atoms with Crippen LogP contribution >= 0.6 is 24.0 Å². The van der Waals surface area contributed by atoms with Crippen LogP contribution < -0.4 is 0 Å². The largest absolute Gasteiger partial charge is 0.289 e. The fraction of sp³-hybridized carbons (Fsp3) is 0.333. The second-order valence-electron chi connectivity index (χ2n) is 3.87. The zero-order chi connectivity index (χ0) is 11.8. The van der Waals surface area contributed by atoms with Crippen molar-refractivity contribution in [2.24, 2.45) is 0 Å². The lowest BCUT2D eigenvalue weighted by atomic mass is 10.0. The van der Waals surface area contributed by atoms with Gasteiger partial charge in [-0.05, 0) is 12.0 Å². The van der Waals surface area contributed by atoms with E-state index in [1.807, 2.05) is 12.2 Å². The Kier molecular flexibility index (Phi) is 9.09. The van der Waals surface area contributed by atoms with E-state index in [4.69, 9.17) is 0 Å². The summed E-state index contributed by atoms with van der Waals surface area (Å²) in [6.45, 7) is 11.7. The van der Waals surface area contributed by atoms with Gasteiger partial charge in [-0.1, -0.05) is 49.4 Å². The minimum absolute atomic E-state index is 0. The molecule has 0 bridgehead atoms. The molecule has 0 aliphatic rings. The third-order valence-corrected chi connectivity index (χ3v) is 2.74. The first kappa shape index (κ1) is 16.4. The Hall–Kier alpha value is -0.610. The molecule has 17 heavy (non-hydrogen) atoms. The summed E-state index contributed by atoms with van der Waals surface area (Å²) in [7, 11) is 0. The highest BCUT2D eigenvalue weighted by molar-refractivity contribution is 14.0. The maximum absolute atomic E-state index is 3.82. The molecule has 1 nitrogen and oxygen atoms in total. The van der Waals surface area contributed by atoms with E-state index in [-0.39, 0.29) is 24.0 Å². The van der Waals surface area contributed by atoms with Crippen LogP contribution in [0.3, 0.4) is 0 Å². The average molecular weight is 343 g/mol. The van der Waals surface area contributed by atoms with Crippen molar-refractivity contribution in [2.45, 2.75) is 19.4 Å². The Labute approximate surface area is 122 Å². The normalized spacial score (nSPS) is 11.6. The van der Waals surface area contributed by atoms with Crippen molar-refractivity contribution in [2.75, 3.05) is 13.1 Å². The number of nitrogens with zero attached hydrogens (tertiary/aromatic N) is 1. The van der Waals surface area contributed by atoms with E-state index in [2.05, 4.69) is 55.3 Å². The van der Waals surface area contributed by atoms with Gasteiger partial charge in [-0.3, -0.25) is 4.90 Å². The SMILES string of the molecule is C=CCN(CC=C)C(CC)c1ccccc1.I. The summed E-state index contributed by atoms with van der Waals surface area (Å²) in [4.78, 5) is 2.38. The van der Waals surface area contributed by atoms with E-state index >= 15 is 0 Å². The van der Waals surface area contributed by atoms with Crippen LogP contribution in [0.15, 0.2) is 55.6 Å². The molecule has 0 saturated heterocycles. The number of hydrogen-bond acceptors (Lipinski definition) is 1. The lowest BCUT2D eigenvalue weighted by Crippen LogP contribution is -2.28. The molecular formula is C15H22IN. The Morgan fingerprint density at radius 2 is 1.65 bits per heavy atom. The van der Waals surface area contributed by atoms with Crippen LogP contribution in [0.4, 0.5) is 0 Å². The van der Waals surface area contributed by atoms with Crippen LogP contribution in [0.2, 0.25) is 0 Å². The van der Waals surface area contributed by atoms with E-state index in [1.165, 1.54) is 5.56 Å². The summed E-state index contributed by atoms with van der Waals surface area (Å²) >= 11 is 0. The molecule has 0 aliphatic heterocycles. The molecule has 94 valence electrons. The number of rotatable bonds is 7. The summed E-state index contributed by atoms with van der Waals surface area (Å²) in [5, 5.41) is 0. The molecule has 0 saturated carbocycles. The van der Waals surface area contributed by atoms with Gasteiger partial charge in [0, 0.05) is 19.1 Å². The molecule has 1 aromatic carbocycles. The standard InChI is InChI=1S/C15H21N.HI/c1-4-12-16(13-5-2)15(6-3)14-10-8-7-9-11-14;/h4-5,7-11,15H,1-2,6,12-13H2,3H3;1H. The molecule has 0 radical (unpaired) electrons.